The standard InChI is InChI=1S/C19H32O2/c1-17-7-3-8-18(2,21)15(17)6-9-19-10-13(4-5-16(17)19)14(11-19)12-20/h13-16,20-21H,3-12H2,1-2H3/t13-,14-,15+,16+,17+,18+,19+/m0/s1. The fourth-order valence-corrected chi connectivity index (χ4v) is 7.77. The lowest BCUT2D eigenvalue weighted by atomic mass is 9.43. The Morgan fingerprint density at radius 2 is 1.76 bits per heavy atom. The van der Waals surface area contributed by atoms with Crippen LogP contribution in [0.2, 0.25) is 0 Å². The van der Waals surface area contributed by atoms with Gasteiger partial charge in [0.2, 0.25) is 0 Å². The van der Waals surface area contributed by atoms with Gasteiger partial charge in [-0.15, -0.1) is 0 Å². The Bertz CT molecular complexity index is 431. The molecule has 0 aromatic rings. The van der Waals surface area contributed by atoms with Crippen LogP contribution in [0.5, 0.6) is 0 Å². The fourth-order valence-electron chi connectivity index (χ4n) is 7.77. The van der Waals surface area contributed by atoms with Crippen LogP contribution >= 0.6 is 0 Å². The van der Waals surface area contributed by atoms with Crippen molar-refractivity contribution in [1.82, 2.24) is 0 Å². The molecule has 0 aromatic carbocycles. The van der Waals surface area contributed by atoms with E-state index in [1.165, 1.54) is 51.4 Å². The van der Waals surface area contributed by atoms with E-state index in [2.05, 4.69) is 13.8 Å². The van der Waals surface area contributed by atoms with Crippen LogP contribution < -0.4 is 0 Å². The number of fused-ring (bicyclic) bond motifs is 3. The highest BCUT2D eigenvalue weighted by molar-refractivity contribution is 5.13. The zero-order valence-corrected chi connectivity index (χ0v) is 13.8. The van der Waals surface area contributed by atoms with Crippen LogP contribution in [0.25, 0.3) is 0 Å². The minimum atomic E-state index is -0.444. The van der Waals surface area contributed by atoms with Gasteiger partial charge in [0, 0.05) is 6.61 Å². The first kappa shape index (κ1) is 14.5. The molecular weight excluding hydrogens is 260 g/mol. The number of aliphatic hydroxyl groups is 2. The molecule has 0 amide bonds. The second kappa shape index (κ2) is 4.47. The zero-order valence-electron chi connectivity index (χ0n) is 13.8. The van der Waals surface area contributed by atoms with Crippen LogP contribution in [-0.4, -0.2) is 22.4 Å². The lowest BCUT2D eigenvalue weighted by Gasteiger charge is -2.63. The van der Waals surface area contributed by atoms with Gasteiger partial charge < -0.3 is 10.2 Å². The molecule has 2 bridgehead atoms. The largest absolute Gasteiger partial charge is 0.396 e. The molecule has 2 heteroatoms. The van der Waals surface area contributed by atoms with E-state index in [9.17, 15) is 10.2 Å². The average molecular weight is 292 g/mol. The third-order valence-electron chi connectivity index (χ3n) is 8.48. The van der Waals surface area contributed by atoms with Crippen LogP contribution in [0.15, 0.2) is 0 Å². The molecule has 0 heterocycles. The Hall–Kier alpha value is -0.0800. The van der Waals surface area contributed by atoms with E-state index in [1.807, 2.05) is 0 Å². The normalized spacial score (nSPS) is 59.4. The summed E-state index contributed by atoms with van der Waals surface area (Å²) in [5.41, 5.74) is 0.407. The summed E-state index contributed by atoms with van der Waals surface area (Å²) in [6.07, 6.45) is 11.3. The summed E-state index contributed by atoms with van der Waals surface area (Å²) in [6.45, 7) is 5.00. The molecule has 4 fully saturated rings. The highest BCUT2D eigenvalue weighted by Gasteiger charge is 2.64. The summed E-state index contributed by atoms with van der Waals surface area (Å²) in [4.78, 5) is 0. The maximum Gasteiger partial charge on any atom is 0.0653 e. The third kappa shape index (κ3) is 1.84. The van der Waals surface area contributed by atoms with Crippen molar-refractivity contribution in [2.24, 2.45) is 34.5 Å². The van der Waals surface area contributed by atoms with Crippen molar-refractivity contribution >= 4 is 0 Å². The van der Waals surface area contributed by atoms with Crippen LogP contribution in [0.1, 0.15) is 71.6 Å². The van der Waals surface area contributed by atoms with Crippen molar-refractivity contribution in [1.29, 1.82) is 0 Å². The summed E-state index contributed by atoms with van der Waals surface area (Å²) in [7, 11) is 0. The zero-order chi connectivity index (χ0) is 14.9. The predicted octanol–water partition coefficient (Wildman–Crippen LogP) is 3.75. The van der Waals surface area contributed by atoms with Gasteiger partial charge in [-0.05, 0) is 92.8 Å². The van der Waals surface area contributed by atoms with Gasteiger partial charge in [-0.2, -0.15) is 0 Å². The molecule has 4 aliphatic carbocycles. The number of hydrogen-bond donors (Lipinski definition) is 2. The summed E-state index contributed by atoms with van der Waals surface area (Å²) >= 11 is 0. The summed E-state index contributed by atoms with van der Waals surface area (Å²) in [5.74, 6) is 2.65. The maximum atomic E-state index is 11.0. The lowest BCUT2D eigenvalue weighted by Crippen LogP contribution is -2.58. The number of aliphatic hydroxyl groups excluding tert-OH is 1. The smallest absolute Gasteiger partial charge is 0.0653 e. The molecule has 21 heavy (non-hydrogen) atoms. The summed E-state index contributed by atoms with van der Waals surface area (Å²) in [6, 6.07) is 0. The first-order chi connectivity index (χ1) is 9.91. The highest BCUT2D eigenvalue weighted by Crippen LogP contribution is 2.71. The van der Waals surface area contributed by atoms with Gasteiger partial charge >= 0.3 is 0 Å². The van der Waals surface area contributed by atoms with Crippen molar-refractivity contribution in [2.45, 2.75) is 77.2 Å². The Balaban J connectivity index is 1.70. The Morgan fingerprint density at radius 1 is 0.952 bits per heavy atom. The van der Waals surface area contributed by atoms with Crippen LogP contribution in [0.4, 0.5) is 0 Å². The SMILES string of the molecule is C[C@@]12CCC[C@@](C)(O)[C@@H]1CC[C@@]13C[C@@H](CO)[C@@H](CC[C@@H]12)C3. The maximum absolute atomic E-state index is 11.0. The monoisotopic (exact) mass is 292 g/mol. The van der Waals surface area contributed by atoms with Gasteiger partial charge in [-0.3, -0.25) is 0 Å². The average Bonchev–Trinajstić information content (AvgIpc) is 2.68. The molecule has 0 radical (unpaired) electrons. The molecular formula is C19H32O2. The lowest BCUT2D eigenvalue weighted by molar-refractivity contribution is -0.180. The van der Waals surface area contributed by atoms with Gasteiger partial charge in [0.1, 0.15) is 0 Å². The third-order valence-corrected chi connectivity index (χ3v) is 8.48. The Morgan fingerprint density at radius 3 is 2.52 bits per heavy atom. The highest BCUT2D eigenvalue weighted by atomic mass is 16.3. The van der Waals surface area contributed by atoms with E-state index in [0.29, 0.717) is 29.3 Å². The Labute approximate surface area is 129 Å². The van der Waals surface area contributed by atoms with Crippen molar-refractivity contribution < 1.29 is 10.2 Å². The molecule has 2 N–H and O–H groups in total. The minimum Gasteiger partial charge on any atom is -0.396 e. The first-order valence-corrected chi connectivity index (χ1v) is 9.25. The van der Waals surface area contributed by atoms with Crippen molar-refractivity contribution in [2.75, 3.05) is 6.61 Å². The van der Waals surface area contributed by atoms with Gasteiger partial charge in [0.15, 0.2) is 0 Å². The van der Waals surface area contributed by atoms with E-state index in [1.54, 1.807) is 0 Å². The fraction of sp³-hybridized carbons (Fsp3) is 1.00. The molecule has 7 atom stereocenters. The molecule has 4 aliphatic rings. The first-order valence-electron chi connectivity index (χ1n) is 9.25. The van der Waals surface area contributed by atoms with E-state index in [-0.39, 0.29) is 0 Å². The molecule has 120 valence electrons. The van der Waals surface area contributed by atoms with Crippen molar-refractivity contribution in [3.8, 4) is 0 Å². The molecule has 4 saturated carbocycles. The summed E-state index contributed by atoms with van der Waals surface area (Å²) in [5, 5.41) is 20.7. The molecule has 2 nitrogen and oxygen atoms in total. The quantitative estimate of drug-likeness (QED) is 0.772. The van der Waals surface area contributed by atoms with Gasteiger partial charge in [-0.1, -0.05) is 13.3 Å². The van der Waals surface area contributed by atoms with Gasteiger partial charge in [0.25, 0.3) is 0 Å². The number of hydrogen-bond acceptors (Lipinski definition) is 2. The van der Waals surface area contributed by atoms with Crippen LogP contribution in [-0.2, 0) is 0 Å². The second-order valence-electron chi connectivity index (χ2n) is 9.41. The van der Waals surface area contributed by atoms with E-state index < -0.39 is 5.60 Å². The predicted molar refractivity (Wildman–Crippen MR) is 83.8 cm³/mol. The van der Waals surface area contributed by atoms with Crippen molar-refractivity contribution in [3.63, 3.8) is 0 Å². The molecule has 0 aliphatic heterocycles. The van der Waals surface area contributed by atoms with Crippen molar-refractivity contribution in [3.05, 3.63) is 0 Å². The minimum absolute atomic E-state index is 0.343. The topological polar surface area (TPSA) is 40.5 Å². The van der Waals surface area contributed by atoms with Crippen LogP contribution in [0, 0.1) is 34.5 Å². The van der Waals surface area contributed by atoms with Gasteiger partial charge in [-0.25, -0.2) is 0 Å². The molecule has 0 saturated heterocycles. The summed E-state index contributed by atoms with van der Waals surface area (Å²) < 4.78 is 0. The molecule has 0 unspecified atom stereocenters. The van der Waals surface area contributed by atoms with E-state index >= 15 is 0 Å². The number of rotatable bonds is 1. The van der Waals surface area contributed by atoms with Gasteiger partial charge in [0.05, 0.1) is 5.60 Å². The molecule has 4 rings (SSSR count). The van der Waals surface area contributed by atoms with E-state index in [0.717, 1.165) is 18.3 Å². The van der Waals surface area contributed by atoms with Crippen LogP contribution in [0.3, 0.4) is 0 Å². The molecule has 0 aromatic heterocycles. The Kier molecular flexibility index (Phi) is 3.09. The second-order valence-corrected chi connectivity index (χ2v) is 9.41. The van der Waals surface area contributed by atoms with E-state index in [4.69, 9.17) is 0 Å². The molecule has 1 spiro atoms.